The zero-order chi connectivity index (χ0) is 28.1. The average molecular weight is 562 g/mol. The molecule has 0 amide bonds. The van der Waals surface area contributed by atoms with Crippen LogP contribution in [0.1, 0.15) is 43.7 Å². The number of carbonyl (C=O) groups is 1. The molecule has 7 nitrogen and oxygen atoms in total. The first-order valence-electron chi connectivity index (χ1n) is 12.3. The first kappa shape index (κ1) is 26.7. The van der Waals surface area contributed by atoms with Gasteiger partial charge in [0.1, 0.15) is 11.6 Å². The Kier molecular flexibility index (Phi) is 6.83. The van der Waals surface area contributed by atoms with Gasteiger partial charge in [0.25, 0.3) is 5.69 Å². The third kappa shape index (κ3) is 4.73. The fourth-order valence-electron chi connectivity index (χ4n) is 5.44. The molecule has 1 aliphatic carbocycles. The van der Waals surface area contributed by atoms with E-state index in [1.54, 1.807) is 53.4 Å². The van der Waals surface area contributed by atoms with Crippen molar-refractivity contribution in [2.24, 2.45) is 5.41 Å². The molecule has 0 radical (unpaired) electrons. The Morgan fingerprint density at radius 1 is 1.03 bits per heavy atom. The standard InChI is InChI=1S/C30H25Cl2N3O4/c1-30(2)15-23-26(24(36)16-30)25(19-10-6-7-11-20(19)31)27(28(37)17-8-4-3-5-9-17)29(33)34(23)22-13-12-18(35(38)39)14-21(22)32/h3-14,25,33,37H,15-16H2,1-2H3/b28-27+,33-29?/t25-/m0/s1. The highest BCUT2D eigenvalue weighted by atomic mass is 35.5. The fourth-order valence-corrected chi connectivity index (χ4v) is 5.95. The summed E-state index contributed by atoms with van der Waals surface area (Å²) >= 11 is 13.3. The summed E-state index contributed by atoms with van der Waals surface area (Å²) in [6.07, 6.45) is 0.700. The topological polar surface area (TPSA) is 108 Å². The van der Waals surface area contributed by atoms with E-state index in [1.165, 1.54) is 18.2 Å². The van der Waals surface area contributed by atoms with Gasteiger partial charge in [0, 0.05) is 51.9 Å². The van der Waals surface area contributed by atoms with Crippen LogP contribution in [-0.2, 0) is 4.79 Å². The largest absolute Gasteiger partial charge is 0.507 e. The predicted octanol–water partition coefficient (Wildman–Crippen LogP) is 8.10. The Morgan fingerprint density at radius 3 is 2.33 bits per heavy atom. The molecule has 3 aromatic rings. The maximum Gasteiger partial charge on any atom is 0.271 e. The Hall–Kier alpha value is -3.94. The van der Waals surface area contributed by atoms with Gasteiger partial charge >= 0.3 is 0 Å². The van der Waals surface area contributed by atoms with Crippen LogP contribution < -0.4 is 4.90 Å². The third-order valence-corrected chi connectivity index (χ3v) is 7.77. The second-order valence-electron chi connectivity index (χ2n) is 10.5. The summed E-state index contributed by atoms with van der Waals surface area (Å²) in [5.74, 6) is -1.20. The van der Waals surface area contributed by atoms with Crippen molar-refractivity contribution in [1.82, 2.24) is 0 Å². The highest BCUT2D eigenvalue weighted by molar-refractivity contribution is 6.35. The van der Waals surface area contributed by atoms with E-state index in [0.717, 1.165) is 0 Å². The molecule has 9 heteroatoms. The lowest BCUT2D eigenvalue weighted by atomic mass is 9.67. The molecule has 2 aliphatic rings. The second-order valence-corrected chi connectivity index (χ2v) is 11.3. The number of nitrogens with zero attached hydrogens (tertiary/aromatic N) is 2. The van der Waals surface area contributed by atoms with Gasteiger partial charge < -0.3 is 5.11 Å². The maximum absolute atomic E-state index is 13.9. The average Bonchev–Trinajstić information content (AvgIpc) is 2.88. The van der Waals surface area contributed by atoms with Crippen molar-refractivity contribution < 1.29 is 14.8 Å². The van der Waals surface area contributed by atoms with Crippen LogP contribution in [0.15, 0.2) is 89.6 Å². The molecule has 0 saturated carbocycles. The molecular weight excluding hydrogens is 537 g/mol. The maximum atomic E-state index is 13.9. The van der Waals surface area contributed by atoms with Crippen LogP contribution in [-0.4, -0.2) is 21.6 Å². The van der Waals surface area contributed by atoms with Crippen molar-refractivity contribution in [3.63, 3.8) is 0 Å². The van der Waals surface area contributed by atoms with Crippen LogP contribution >= 0.6 is 23.2 Å². The van der Waals surface area contributed by atoms with E-state index < -0.39 is 16.3 Å². The Bertz CT molecular complexity index is 1590. The van der Waals surface area contributed by atoms with Crippen LogP contribution in [0.5, 0.6) is 0 Å². The molecule has 0 bridgehead atoms. The van der Waals surface area contributed by atoms with Crippen LogP contribution in [0, 0.1) is 20.9 Å². The zero-order valence-corrected chi connectivity index (χ0v) is 22.8. The number of halogens is 2. The van der Waals surface area contributed by atoms with Gasteiger partial charge in [-0.25, -0.2) is 0 Å². The van der Waals surface area contributed by atoms with Gasteiger partial charge in [-0.05, 0) is 29.5 Å². The quantitative estimate of drug-likeness (QED) is 0.190. The number of rotatable bonds is 4. The lowest BCUT2D eigenvalue weighted by Gasteiger charge is -2.45. The third-order valence-electron chi connectivity index (χ3n) is 7.12. The number of nitro groups is 1. The minimum atomic E-state index is -0.807. The Morgan fingerprint density at radius 2 is 1.69 bits per heavy atom. The van der Waals surface area contributed by atoms with E-state index in [4.69, 9.17) is 23.2 Å². The number of hydrogen-bond donors (Lipinski definition) is 2. The van der Waals surface area contributed by atoms with Crippen molar-refractivity contribution in [3.05, 3.63) is 121 Å². The highest BCUT2D eigenvalue weighted by Crippen LogP contribution is 2.53. The number of hydrogen-bond acceptors (Lipinski definition) is 5. The number of amidine groups is 1. The smallest absolute Gasteiger partial charge is 0.271 e. The Balaban J connectivity index is 1.87. The molecule has 1 atom stereocenters. The lowest BCUT2D eigenvalue weighted by molar-refractivity contribution is -0.384. The summed E-state index contributed by atoms with van der Waals surface area (Å²) in [7, 11) is 0. The monoisotopic (exact) mass is 561 g/mol. The second kappa shape index (κ2) is 9.98. The molecule has 39 heavy (non-hydrogen) atoms. The molecule has 1 heterocycles. The van der Waals surface area contributed by atoms with Crippen molar-refractivity contribution in [2.75, 3.05) is 4.90 Å². The zero-order valence-electron chi connectivity index (χ0n) is 21.2. The molecule has 198 valence electrons. The van der Waals surface area contributed by atoms with Gasteiger partial charge in [0.05, 0.1) is 15.6 Å². The molecule has 5 rings (SSSR count). The van der Waals surface area contributed by atoms with E-state index in [1.807, 2.05) is 19.9 Å². The van der Waals surface area contributed by atoms with Crippen molar-refractivity contribution in [2.45, 2.75) is 32.6 Å². The number of carbonyl (C=O) groups excluding carboxylic acids is 1. The van der Waals surface area contributed by atoms with Crippen molar-refractivity contribution in [3.8, 4) is 0 Å². The molecule has 0 unspecified atom stereocenters. The molecule has 0 saturated heterocycles. The van der Waals surface area contributed by atoms with E-state index >= 15 is 0 Å². The fraction of sp³-hybridized carbons (Fsp3) is 0.200. The van der Waals surface area contributed by atoms with E-state index in [0.29, 0.717) is 39.5 Å². The number of Topliss-reactive ketones (excluding diaryl/α,β-unsaturated/α-hetero) is 1. The summed E-state index contributed by atoms with van der Waals surface area (Å²) in [6, 6.07) is 19.9. The number of anilines is 1. The molecule has 2 N–H and O–H groups in total. The van der Waals surface area contributed by atoms with Crippen LogP contribution in [0.4, 0.5) is 11.4 Å². The Labute approximate surface area is 235 Å². The first-order chi connectivity index (χ1) is 18.5. The summed E-state index contributed by atoms with van der Waals surface area (Å²) < 4.78 is 0. The first-order valence-corrected chi connectivity index (χ1v) is 13.1. The number of benzene rings is 3. The van der Waals surface area contributed by atoms with Crippen LogP contribution in [0.2, 0.25) is 10.0 Å². The molecular formula is C30H25Cl2N3O4. The number of non-ortho nitro benzene ring substituents is 1. The molecule has 1 aliphatic heterocycles. The minimum absolute atomic E-state index is 0.0476. The number of nitro benzene ring substituents is 1. The van der Waals surface area contributed by atoms with Crippen molar-refractivity contribution in [1.29, 1.82) is 5.41 Å². The van der Waals surface area contributed by atoms with Gasteiger partial charge in [-0.1, -0.05) is 85.6 Å². The number of nitrogens with one attached hydrogen (secondary N) is 1. The number of allylic oxidation sites excluding steroid dienone is 2. The predicted molar refractivity (Wildman–Crippen MR) is 154 cm³/mol. The van der Waals surface area contributed by atoms with E-state index in [2.05, 4.69) is 0 Å². The summed E-state index contributed by atoms with van der Waals surface area (Å²) in [5, 5.41) is 33.0. The van der Waals surface area contributed by atoms with Gasteiger partial charge in [0.2, 0.25) is 0 Å². The number of ketones is 1. The summed E-state index contributed by atoms with van der Waals surface area (Å²) in [4.78, 5) is 26.3. The van der Waals surface area contributed by atoms with Gasteiger partial charge in [-0.3, -0.25) is 25.2 Å². The molecule has 0 spiro atoms. The molecule has 0 fully saturated rings. The van der Waals surface area contributed by atoms with Gasteiger partial charge in [-0.15, -0.1) is 0 Å². The summed E-state index contributed by atoms with van der Waals surface area (Å²) in [5.41, 5.74) is 1.93. The summed E-state index contributed by atoms with van der Waals surface area (Å²) in [6.45, 7) is 3.95. The number of aliphatic hydroxyl groups excluding tert-OH is 1. The van der Waals surface area contributed by atoms with Crippen LogP contribution in [0.3, 0.4) is 0 Å². The molecule has 3 aromatic carbocycles. The SMILES string of the molecule is CC1(C)CC(=O)C2=C(C1)N(c1ccc([N+](=O)[O-])cc1Cl)C(=N)/C(=C(/O)c1ccccc1)[C@H]2c1ccccc1Cl. The van der Waals surface area contributed by atoms with Gasteiger partial charge in [-0.2, -0.15) is 0 Å². The van der Waals surface area contributed by atoms with E-state index in [-0.39, 0.29) is 40.1 Å². The lowest BCUT2D eigenvalue weighted by Crippen LogP contribution is -2.45. The minimum Gasteiger partial charge on any atom is -0.507 e. The van der Waals surface area contributed by atoms with Crippen molar-refractivity contribution >= 4 is 52.0 Å². The van der Waals surface area contributed by atoms with E-state index in [9.17, 15) is 25.4 Å². The normalized spacial score (nSPS) is 20.1. The molecule has 0 aromatic heterocycles. The number of aliphatic hydroxyl groups is 1. The van der Waals surface area contributed by atoms with Gasteiger partial charge in [0.15, 0.2) is 5.78 Å². The highest BCUT2D eigenvalue weighted by Gasteiger charge is 2.47. The van der Waals surface area contributed by atoms with Crippen LogP contribution in [0.25, 0.3) is 5.76 Å².